The summed E-state index contributed by atoms with van der Waals surface area (Å²) in [5, 5.41) is 9.58. The predicted molar refractivity (Wildman–Crippen MR) is 122 cm³/mol. The molecule has 0 bridgehead atoms. The lowest BCUT2D eigenvalue weighted by Gasteiger charge is -2.11. The van der Waals surface area contributed by atoms with Gasteiger partial charge in [-0.25, -0.2) is 9.67 Å². The van der Waals surface area contributed by atoms with Crippen molar-refractivity contribution in [3.05, 3.63) is 78.1 Å². The average Bonchev–Trinajstić information content (AvgIpc) is 3.52. The Morgan fingerprint density at radius 3 is 2.66 bits per heavy atom. The Balaban J connectivity index is 1.31. The van der Waals surface area contributed by atoms with E-state index in [0.717, 1.165) is 11.3 Å². The van der Waals surface area contributed by atoms with Crippen molar-refractivity contribution in [1.29, 1.82) is 0 Å². The second kappa shape index (κ2) is 9.75. The van der Waals surface area contributed by atoms with Crippen LogP contribution in [0.3, 0.4) is 0 Å². The summed E-state index contributed by atoms with van der Waals surface area (Å²) in [6, 6.07) is 16.9. The zero-order chi connectivity index (χ0) is 22.3. The molecule has 2 aromatic heterocycles. The number of thiazole rings is 1. The van der Waals surface area contributed by atoms with E-state index in [4.69, 9.17) is 4.74 Å². The molecule has 0 saturated carbocycles. The molecule has 162 valence electrons. The molecule has 0 aliphatic rings. The minimum atomic E-state index is -0.506. The van der Waals surface area contributed by atoms with E-state index in [9.17, 15) is 9.59 Å². The molecule has 9 nitrogen and oxygen atoms in total. The molecule has 0 saturated heterocycles. The van der Waals surface area contributed by atoms with Gasteiger partial charge in [0.2, 0.25) is 0 Å². The number of nitrogens with zero attached hydrogens (tertiary/aromatic N) is 3. The predicted octanol–water partition coefficient (Wildman–Crippen LogP) is 2.88. The molecule has 0 atom stereocenters. The normalized spacial score (nSPS) is 10.4. The minimum absolute atomic E-state index is 0.0400. The van der Waals surface area contributed by atoms with Gasteiger partial charge in [0.25, 0.3) is 11.8 Å². The summed E-state index contributed by atoms with van der Waals surface area (Å²) in [4.78, 5) is 28.8. The van der Waals surface area contributed by atoms with Gasteiger partial charge in [0.1, 0.15) is 16.5 Å². The first-order chi connectivity index (χ1) is 15.6. The van der Waals surface area contributed by atoms with E-state index in [0.29, 0.717) is 16.4 Å². The van der Waals surface area contributed by atoms with Crippen molar-refractivity contribution in [3.8, 4) is 22.0 Å². The van der Waals surface area contributed by atoms with Crippen LogP contribution in [0.15, 0.2) is 72.4 Å². The number of nitrogens with one attached hydrogen (secondary N) is 3. The number of anilines is 1. The fourth-order valence-corrected chi connectivity index (χ4v) is 3.64. The maximum absolute atomic E-state index is 12.4. The Kier molecular flexibility index (Phi) is 6.42. The van der Waals surface area contributed by atoms with Gasteiger partial charge in [-0.3, -0.25) is 20.4 Å². The fourth-order valence-electron chi connectivity index (χ4n) is 2.87. The van der Waals surface area contributed by atoms with Gasteiger partial charge < -0.3 is 10.1 Å². The summed E-state index contributed by atoms with van der Waals surface area (Å²) in [6.45, 7) is -0.0400. The average molecular weight is 449 g/mol. The number of rotatable bonds is 7. The van der Waals surface area contributed by atoms with Gasteiger partial charge in [0, 0.05) is 17.1 Å². The number of benzene rings is 2. The monoisotopic (exact) mass is 448 g/mol. The molecule has 0 unspecified atom stereocenters. The third kappa shape index (κ3) is 4.93. The molecule has 32 heavy (non-hydrogen) atoms. The number of amides is 2. The second-order valence-corrected chi connectivity index (χ2v) is 7.46. The highest BCUT2D eigenvalue weighted by molar-refractivity contribution is 7.13. The van der Waals surface area contributed by atoms with Crippen molar-refractivity contribution in [2.24, 2.45) is 0 Å². The van der Waals surface area contributed by atoms with Gasteiger partial charge in [-0.2, -0.15) is 5.10 Å². The Bertz CT molecular complexity index is 1220. The van der Waals surface area contributed by atoms with E-state index in [1.165, 1.54) is 11.3 Å². The summed E-state index contributed by atoms with van der Waals surface area (Å²) < 4.78 is 6.96. The van der Waals surface area contributed by atoms with Crippen molar-refractivity contribution >= 4 is 28.8 Å². The third-order valence-corrected chi connectivity index (χ3v) is 5.34. The number of carbonyl (C=O) groups is 2. The number of carbonyl (C=O) groups excluding carboxylic acids is 2. The summed E-state index contributed by atoms with van der Waals surface area (Å²) >= 11 is 1.32. The van der Waals surface area contributed by atoms with Gasteiger partial charge >= 0.3 is 0 Å². The second-order valence-electron chi connectivity index (χ2n) is 6.60. The smallest absolute Gasteiger partial charge is 0.289 e. The zero-order valence-corrected chi connectivity index (χ0v) is 17.9. The van der Waals surface area contributed by atoms with E-state index in [2.05, 4.69) is 26.3 Å². The van der Waals surface area contributed by atoms with Crippen molar-refractivity contribution in [2.75, 3.05) is 19.0 Å². The molecular formula is C22H20N6O3S. The van der Waals surface area contributed by atoms with E-state index in [-0.39, 0.29) is 12.2 Å². The number of aromatic nitrogens is 3. The van der Waals surface area contributed by atoms with Gasteiger partial charge in [0.15, 0.2) is 0 Å². The van der Waals surface area contributed by atoms with Gasteiger partial charge in [-0.05, 0) is 24.3 Å². The van der Waals surface area contributed by atoms with Crippen molar-refractivity contribution in [1.82, 2.24) is 25.6 Å². The highest BCUT2D eigenvalue weighted by atomic mass is 32.1. The summed E-state index contributed by atoms with van der Waals surface area (Å²) in [6.07, 6.45) is 3.54. The van der Waals surface area contributed by atoms with Gasteiger partial charge in [0.05, 0.1) is 31.2 Å². The molecular weight excluding hydrogens is 428 g/mol. The fraction of sp³-hybridized carbons (Fsp3) is 0.0909. The quantitative estimate of drug-likeness (QED) is 0.375. The summed E-state index contributed by atoms with van der Waals surface area (Å²) in [5.74, 6) is -0.299. The van der Waals surface area contributed by atoms with E-state index in [1.54, 1.807) is 35.5 Å². The topological polar surface area (TPSA) is 110 Å². The molecule has 4 aromatic rings. The van der Waals surface area contributed by atoms with Crippen LogP contribution in [0, 0.1) is 0 Å². The van der Waals surface area contributed by atoms with Crippen LogP contribution in [0.25, 0.3) is 16.3 Å². The van der Waals surface area contributed by atoms with Crippen LogP contribution < -0.4 is 20.9 Å². The Morgan fingerprint density at radius 1 is 1.06 bits per heavy atom. The van der Waals surface area contributed by atoms with Crippen LogP contribution in [0.1, 0.15) is 10.5 Å². The molecule has 10 heteroatoms. The molecule has 0 spiro atoms. The SMILES string of the molecule is COc1ccccc1NCC(=O)NNC(=O)c1csc(-c2cnn(-c3ccccc3)c2)n1. The Morgan fingerprint density at radius 2 is 1.84 bits per heavy atom. The van der Waals surface area contributed by atoms with Crippen molar-refractivity contribution in [3.63, 3.8) is 0 Å². The number of hydrogen-bond donors (Lipinski definition) is 3. The maximum atomic E-state index is 12.4. The molecule has 3 N–H and O–H groups in total. The largest absolute Gasteiger partial charge is 0.495 e. The van der Waals surface area contributed by atoms with Crippen LogP contribution in [0.4, 0.5) is 5.69 Å². The summed E-state index contributed by atoms with van der Waals surface area (Å²) in [5.41, 5.74) is 7.35. The van der Waals surface area contributed by atoms with Gasteiger partial charge in [-0.15, -0.1) is 11.3 Å². The van der Waals surface area contributed by atoms with E-state index >= 15 is 0 Å². The lowest BCUT2D eigenvalue weighted by Crippen LogP contribution is -2.44. The van der Waals surface area contributed by atoms with Crippen LogP contribution in [0.2, 0.25) is 0 Å². The van der Waals surface area contributed by atoms with E-state index in [1.807, 2.05) is 48.7 Å². The molecule has 0 radical (unpaired) electrons. The highest BCUT2D eigenvalue weighted by Gasteiger charge is 2.14. The Labute approximate surface area is 188 Å². The Hall–Kier alpha value is -4.18. The molecule has 2 amide bonds. The number of para-hydroxylation sites is 3. The lowest BCUT2D eigenvalue weighted by molar-refractivity contribution is -0.120. The van der Waals surface area contributed by atoms with Crippen molar-refractivity contribution in [2.45, 2.75) is 0 Å². The first kappa shape index (κ1) is 21.1. The zero-order valence-electron chi connectivity index (χ0n) is 17.1. The molecule has 4 rings (SSSR count). The minimum Gasteiger partial charge on any atom is -0.495 e. The van der Waals surface area contributed by atoms with Crippen LogP contribution in [-0.4, -0.2) is 40.2 Å². The molecule has 0 aliphatic heterocycles. The van der Waals surface area contributed by atoms with Crippen LogP contribution >= 0.6 is 11.3 Å². The first-order valence-corrected chi connectivity index (χ1v) is 10.5. The molecule has 2 heterocycles. The maximum Gasteiger partial charge on any atom is 0.289 e. The van der Waals surface area contributed by atoms with Gasteiger partial charge in [-0.1, -0.05) is 30.3 Å². The van der Waals surface area contributed by atoms with Crippen LogP contribution in [-0.2, 0) is 4.79 Å². The number of methoxy groups -OCH3 is 1. The number of ether oxygens (including phenoxy) is 1. The molecule has 2 aromatic carbocycles. The standard InChI is InChI=1S/C22H20N6O3S/c1-31-19-10-6-5-9-17(19)23-12-20(29)26-27-21(30)18-14-32-22(25-18)15-11-24-28(13-15)16-7-3-2-4-8-16/h2-11,13-14,23H,12H2,1H3,(H,26,29)(H,27,30). The highest BCUT2D eigenvalue weighted by Crippen LogP contribution is 2.24. The molecule has 0 aliphatic carbocycles. The summed E-state index contributed by atoms with van der Waals surface area (Å²) in [7, 11) is 1.55. The number of hydrazine groups is 1. The lowest BCUT2D eigenvalue weighted by atomic mass is 10.3. The molecule has 0 fully saturated rings. The van der Waals surface area contributed by atoms with Crippen molar-refractivity contribution < 1.29 is 14.3 Å². The third-order valence-electron chi connectivity index (χ3n) is 4.45. The number of hydrogen-bond acceptors (Lipinski definition) is 7. The van der Waals surface area contributed by atoms with Crippen LogP contribution in [0.5, 0.6) is 5.75 Å². The van der Waals surface area contributed by atoms with E-state index < -0.39 is 11.8 Å². The first-order valence-electron chi connectivity index (χ1n) is 9.66.